The first kappa shape index (κ1) is 14.3. The summed E-state index contributed by atoms with van der Waals surface area (Å²) >= 11 is 0. The smallest absolute Gasteiger partial charge is 0.237 e. The topological polar surface area (TPSA) is 8.81 Å². The van der Waals surface area contributed by atoms with Crippen molar-refractivity contribution < 1.29 is 4.57 Å². The van der Waals surface area contributed by atoms with E-state index >= 15 is 0 Å². The van der Waals surface area contributed by atoms with Gasteiger partial charge in [-0.3, -0.25) is 0 Å². The molecule has 2 heteroatoms. The second kappa shape index (κ2) is 9.26. The maximum absolute atomic E-state index is 2.32. The van der Waals surface area contributed by atoms with Crippen molar-refractivity contribution in [3.8, 4) is 0 Å². The van der Waals surface area contributed by atoms with E-state index in [9.17, 15) is 0 Å². The Hall–Kier alpha value is -0.790. The fourth-order valence-electron chi connectivity index (χ4n) is 2.21. The van der Waals surface area contributed by atoms with Crippen LogP contribution >= 0.6 is 0 Å². The van der Waals surface area contributed by atoms with Crippen LogP contribution in [0.4, 0.5) is 0 Å². The van der Waals surface area contributed by atoms with Crippen molar-refractivity contribution in [3.63, 3.8) is 0 Å². The van der Waals surface area contributed by atoms with E-state index in [1.165, 1.54) is 57.9 Å². The minimum absolute atomic E-state index is 1.14. The summed E-state index contributed by atoms with van der Waals surface area (Å²) in [6, 6.07) is 0. The standard InChI is InChI=1S/C15H29N2/c1-3-5-6-7-8-9-10-12-17-14-13-16(15-17)11-4-2/h13-15H,3-12H2,1-2H3/q+1. The molecule has 0 fully saturated rings. The van der Waals surface area contributed by atoms with Gasteiger partial charge in [-0.25, -0.2) is 9.13 Å². The van der Waals surface area contributed by atoms with Gasteiger partial charge in [-0.1, -0.05) is 46.0 Å². The Morgan fingerprint density at radius 3 is 2.29 bits per heavy atom. The maximum Gasteiger partial charge on any atom is 0.243 e. The van der Waals surface area contributed by atoms with Crippen molar-refractivity contribution in [2.45, 2.75) is 78.3 Å². The van der Waals surface area contributed by atoms with E-state index in [-0.39, 0.29) is 0 Å². The predicted octanol–water partition coefficient (Wildman–Crippen LogP) is 3.94. The quantitative estimate of drug-likeness (QED) is 0.430. The summed E-state index contributed by atoms with van der Waals surface area (Å²) in [6.45, 7) is 6.83. The normalized spacial score (nSPS) is 10.9. The van der Waals surface area contributed by atoms with Crippen LogP contribution in [0.1, 0.15) is 65.2 Å². The molecule has 0 unspecified atom stereocenters. The summed E-state index contributed by atoms with van der Waals surface area (Å²) in [5.41, 5.74) is 0. The lowest BCUT2D eigenvalue weighted by molar-refractivity contribution is -0.696. The molecule has 0 atom stereocenters. The van der Waals surface area contributed by atoms with Crippen LogP contribution in [0, 0.1) is 0 Å². The molecule has 1 aromatic heterocycles. The first-order valence-electron chi connectivity index (χ1n) is 7.41. The number of imidazole rings is 1. The van der Waals surface area contributed by atoms with Gasteiger partial charge in [0, 0.05) is 0 Å². The molecule has 0 aromatic carbocycles. The van der Waals surface area contributed by atoms with Gasteiger partial charge in [-0.05, 0) is 19.3 Å². The van der Waals surface area contributed by atoms with Gasteiger partial charge < -0.3 is 0 Å². The molecule has 0 aliphatic rings. The van der Waals surface area contributed by atoms with Crippen molar-refractivity contribution in [2.75, 3.05) is 0 Å². The highest BCUT2D eigenvalue weighted by Crippen LogP contribution is 2.07. The number of aryl methyl sites for hydroxylation is 2. The van der Waals surface area contributed by atoms with Gasteiger partial charge >= 0.3 is 0 Å². The third kappa shape index (κ3) is 6.50. The molecule has 0 radical (unpaired) electrons. The van der Waals surface area contributed by atoms with Gasteiger partial charge in [0.15, 0.2) is 0 Å². The first-order chi connectivity index (χ1) is 8.36. The highest BCUT2D eigenvalue weighted by atomic mass is 15.1. The van der Waals surface area contributed by atoms with E-state index in [1.54, 1.807) is 0 Å². The molecule has 1 rings (SSSR count). The molecule has 98 valence electrons. The van der Waals surface area contributed by atoms with Crippen molar-refractivity contribution >= 4 is 0 Å². The highest BCUT2D eigenvalue weighted by molar-refractivity contribution is 4.66. The third-order valence-corrected chi connectivity index (χ3v) is 3.25. The number of hydrogen-bond acceptors (Lipinski definition) is 0. The predicted molar refractivity (Wildman–Crippen MR) is 72.9 cm³/mol. The van der Waals surface area contributed by atoms with E-state index in [1.807, 2.05) is 0 Å². The molecule has 1 heterocycles. The Labute approximate surface area is 107 Å². The lowest BCUT2D eigenvalue weighted by atomic mass is 10.1. The number of rotatable bonds is 10. The van der Waals surface area contributed by atoms with E-state index in [0.717, 1.165) is 6.54 Å². The molecular weight excluding hydrogens is 208 g/mol. The number of aromatic nitrogens is 2. The third-order valence-electron chi connectivity index (χ3n) is 3.25. The fourth-order valence-corrected chi connectivity index (χ4v) is 2.21. The zero-order valence-corrected chi connectivity index (χ0v) is 11.7. The summed E-state index contributed by atoms with van der Waals surface area (Å²) in [7, 11) is 0. The molecule has 0 saturated heterocycles. The lowest BCUT2D eigenvalue weighted by Crippen LogP contribution is -2.30. The summed E-state index contributed by atoms with van der Waals surface area (Å²) in [5, 5.41) is 0. The Balaban J connectivity index is 2.01. The second-order valence-corrected chi connectivity index (χ2v) is 5.01. The Bertz CT molecular complexity index is 278. The van der Waals surface area contributed by atoms with Gasteiger partial charge in [0.25, 0.3) is 0 Å². The van der Waals surface area contributed by atoms with E-state index in [2.05, 4.69) is 41.7 Å². The van der Waals surface area contributed by atoms with Crippen molar-refractivity contribution in [3.05, 3.63) is 18.7 Å². The number of hydrogen-bond donors (Lipinski definition) is 0. The highest BCUT2D eigenvalue weighted by Gasteiger charge is 2.01. The second-order valence-electron chi connectivity index (χ2n) is 5.01. The SMILES string of the molecule is CCCCCCCCCn1cc[n+](CCC)c1. The Morgan fingerprint density at radius 2 is 1.59 bits per heavy atom. The van der Waals surface area contributed by atoms with Crippen LogP contribution in [-0.2, 0) is 13.1 Å². The van der Waals surface area contributed by atoms with Crippen LogP contribution in [-0.4, -0.2) is 4.57 Å². The molecule has 1 aromatic rings. The molecule has 0 spiro atoms. The van der Waals surface area contributed by atoms with Crippen molar-refractivity contribution in [1.29, 1.82) is 0 Å². The molecule has 0 aliphatic carbocycles. The number of unbranched alkanes of at least 4 members (excludes halogenated alkanes) is 6. The van der Waals surface area contributed by atoms with E-state index < -0.39 is 0 Å². The molecule has 0 aliphatic heterocycles. The monoisotopic (exact) mass is 237 g/mol. The zero-order valence-electron chi connectivity index (χ0n) is 11.7. The zero-order chi connectivity index (χ0) is 12.3. The Kier molecular flexibility index (Phi) is 7.78. The van der Waals surface area contributed by atoms with Gasteiger partial charge in [0.2, 0.25) is 6.33 Å². The molecule has 0 bridgehead atoms. The summed E-state index contributed by atoms with van der Waals surface area (Å²) < 4.78 is 4.60. The molecule has 17 heavy (non-hydrogen) atoms. The minimum atomic E-state index is 1.14. The lowest BCUT2D eigenvalue weighted by Gasteiger charge is -1.99. The summed E-state index contributed by atoms with van der Waals surface area (Å²) in [6.07, 6.45) is 17.6. The number of nitrogens with zero attached hydrogens (tertiary/aromatic N) is 2. The van der Waals surface area contributed by atoms with Crippen LogP contribution in [0.25, 0.3) is 0 Å². The van der Waals surface area contributed by atoms with Crippen LogP contribution < -0.4 is 4.57 Å². The van der Waals surface area contributed by atoms with Crippen molar-refractivity contribution in [1.82, 2.24) is 4.57 Å². The largest absolute Gasteiger partial charge is 0.243 e. The fraction of sp³-hybridized carbons (Fsp3) is 0.800. The Morgan fingerprint density at radius 1 is 0.882 bits per heavy atom. The summed E-state index contributed by atoms with van der Waals surface area (Å²) in [4.78, 5) is 0. The molecule has 0 amide bonds. The van der Waals surface area contributed by atoms with Gasteiger partial charge in [-0.15, -0.1) is 0 Å². The maximum atomic E-state index is 2.32. The van der Waals surface area contributed by atoms with Crippen molar-refractivity contribution in [2.24, 2.45) is 0 Å². The van der Waals surface area contributed by atoms with Crippen LogP contribution in [0.2, 0.25) is 0 Å². The first-order valence-corrected chi connectivity index (χ1v) is 7.41. The minimum Gasteiger partial charge on any atom is -0.237 e. The molecule has 0 saturated carbocycles. The van der Waals surface area contributed by atoms with Crippen LogP contribution in [0.15, 0.2) is 18.7 Å². The summed E-state index contributed by atoms with van der Waals surface area (Å²) in [5.74, 6) is 0. The van der Waals surface area contributed by atoms with Gasteiger partial charge in [-0.2, -0.15) is 0 Å². The van der Waals surface area contributed by atoms with E-state index in [0.29, 0.717) is 0 Å². The average Bonchev–Trinajstić information content (AvgIpc) is 2.76. The van der Waals surface area contributed by atoms with Gasteiger partial charge in [0.1, 0.15) is 12.4 Å². The molecular formula is C15H29N2+. The van der Waals surface area contributed by atoms with E-state index in [4.69, 9.17) is 0 Å². The van der Waals surface area contributed by atoms with Crippen LogP contribution in [0.3, 0.4) is 0 Å². The van der Waals surface area contributed by atoms with Gasteiger partial charge in [0.05, 0.1) is 13.1 Å². The average molecular weight is 237 g/mol. The van der Waals surface area contributed by atoms with Crippen LogP contribution in [0.5, 0.6) is 0 Å². The molecule has 0 N–H and O–H groups in total. The molecule has 2 nitrogen and oxygen atoms in total.